The molecule has 1 aliphatic carbocycles. The van der Waals surface area contributed by atoms with Crippen molar-refractivity contribution < 1.29 is 19.2 Å². The monoisotopic (exact) mass is 359 g/mol. The van der Waals surface area contributed by atoms with Gasteiger partial charge in [-0.1, -0.05) is 31.4 Å². The van der Waals surface area contributed by atoms with Crippen LogP contribution in [0.1, 0.15) is 42.5 Å². The number of nitrogens with zero attached hydrogens (tertiary/aromatic N) is 1. The SMILES string of the molecule is NC(=O)c1ccccc1NCC(=O)NN1C(=O)NC2(CCCCC2)C1=O. The van der Waals surface area contributed by atoms with Gasteiger partial charge in [-0.2, -0.15) is 5.01 Å². The number of primary amides is 1. The molecular formula is C17H21N5O4. The van der Waals surface area contributed by atoms with Crippen LogP contribution in [-0.2, 0) is 9.59 Å². The third-order valence-electron chi connectivity index (χ3n) is 4.74. The Balaban J connectivity index is 1.61. The molecule has 1 spiro atoms. The molecule has 3 rings (SSSR count). The highest BCUT2D eigenvalue weighted by Crippen LogP contribution is 2.32. The maximum absolute atomic E-state index is 12.6. The first kappa shape index (κ1) is 17.7. The Morgan fingerprint density at radius 3 is 2.54 bits per heavy atom. The van der Waals surface area contributed by atoms with Gasteiger partial charge < -0.3 is 16.4 Å². The van der Waals surface area contributed by atoms with Crippen molar-refractivity contribution in [3.05, 3.63) is 29.8 Å². The first-order valence-corrected chi connectivity index (χ1v) is 8.52. The fourth-order valence-corrected chi connectivity index (χ4v) is 3.41. The summed E-state index contributed by atoms with van der Waals surface area (Å²) < 4.78 is 0. The van der Waals surface area contributed by atoms with Crippen molar-refractivity contribution in [3.63, 3.8) is 0 Å². The van der Waals surface area contributed by atoms with Crippen molar-refractivity contribution in [3.8, 4) is 0 Å². The lowest BCUT2D eigenvalue weighted by Crippen LogP contribution is -2.51. The zero-order valence-corrected chi connectivity index (χ0v) is 14.2. The molecule has 1 aliphatic heterocycles. The van der Waals surface area contributed by atoms with Crippen molar-refractivity contribution in [1.82, 2.24) is 15.8 Å². The van der Waals surface area contributed by atoms with Gasteiger partial charge in [0.2, 0.25) is 0 Å². The summed E-state index contributed by atoms with van der Waals surface area (Å²) in [6.45, 7) is -0.228. The highest BCUT2D eigenvalue weighted by molar-refractivity contribution is 6.08. The van der Waals surface area contributed by atoms with Gasteiger partial charge in [-0.05, 0) is 25.0 Å². The van der Waals surface area contributed by atoms with E-state index in [1.807, 2.05) is 0 Å². The molecule has 0 aromatic heterocycles. The van der Waals surface area contributed by atoms with Crippen molar-refractivity contribution >= 4 is 29.4 Å². The molecule has 2 fully saturated rings. The van der Waals surface area contributed by atoms with Crippen LogP contribution in [0.25, 0.3) is 0 Å². The van der Waals surface area contributed by atoms with Gasteiger partial charge in [0, 0.05) is 5.69 Å². The molecule has 9 nitrogen and oxygen atoms in total. The fourth-order valence-electron chi connectivity index (χ4n) is 3.41. The maximum Gasteiger partial charge on any atom is 0.344 e. The summed E-state index contributed by atoms with van der Waals surface area (Å²) in [5.41, 5.74) is 7.36. The van der Waals surface area contributed by atoms with Crippen LogP contribution in [0.2, 0.25) is 0 Å². The van der Waals surface area contributed by atoms with Crippen LogP contribution in [0.5, 0.6) is 0 Å². The highest BCUT2D eigenvalue weighted by Gasteiger charge is 2.52. The molecule has 5 amide bonds. The minimum Gasteiger partial charge on any atom is -0.375 e. The van der Waals surface area contributed by atoms with E-state index in [0.717, 1.165) is 24.3 Å². The molecule has 1 aromatic rings. The Hall–Kier alpha value is -3.10. The lowest BCUT2D eigenvalue weighted by atomic mass is 9.82. The minimum atomic E-state index is -0.894. The molecular weight excluding hydrogens is 338 g/mol. The predicted molar refractivity (Wildman–Crippen MR) is 92.8 cm³/mol. The van der Waals surface area contributed by atoms with Crippen molar-refractivity contribution in [2.75, 3.05) is 11.9 Å². The predicted octanol–water partition coefficient (Wildman–Crippen LogP) is 0.483. The number of nitrogens with two attached hydrogens (primary N) is 1. The van der Waals surface area contributed by atoms with Crippen LogP contribution >= 0.6 is 0 Å². The summed E-state index contributed by atoms with van der Waals surface area (Å²) in [5, 5.41) is 6.25. The number of carbonyl (C=O) groups excluding carboxylic acids is 4. The minimum absolute atomic E-state index is 0.228. The normalized spacial score (nSPS) is 18.5. The zero-order valence-electron chi connectivity index (χ0n) is 14.2. The van der Waals surface area contributed by atoms with Crippen LogP contribution < -0.4 is 21.8 Å². The molecule has 1 saturated heterocycles. The van der Waals surface area contributed by atoms with E-state index in [2.05, 4.69) is 16.1 Å². The Kier molecular flexibility index (Phi) is 4.79. The molecule has 2 aliphatic rings. The van der Waals surface area contributed by atoms with Crippen molar-refractivity contribution in [2.24, 2.45) is 5.73 Å². The van der Waals surface area contributed by atoms with E-state index < -0.39 is 29.3 Å². The molecule has 1 heterocycles. The zero-order chi connectivity index (χ0) is 18.7. The molecule has 0 atom stereocenters. The highest BCUT2D eigenvalue weighted by atomic mass is 16.2. The lowest BCUT2D eigenvalue weighted by molar-refractivity contribution is -0.139. The van der Waals surface area contributed by atoms with Gasteiger partial charge >= 0.3 is 6.03 Å². The van der Waals surface area contributed by atoms with Crippen molar-refractivity contribution in [2.45, 2.75) is 37.6 Å². The molecule has 1 saturated carbocycles. The van der Waals surface area contributed by atoms with Gasteiger partial charge in [-0.3, -0.25) is 19.8 Å². The summed E-state index contributed by atoms with van der Waals surface area (Å²) in [4.78, 5) is 48.2. The quantitative estimate of drug-likeness (QED) is 0.568. The van der Waals surface area contributed by atoms with Gasteiger partial charge in [0.15, 0.2) is 0 Å². The number of nitrogens with one attached hydrogen (secondary N) is 3. The van der Waals surface area contributed by atoms with Gasteiger partial charge in [-0.15, -0.1) is 0 Å². The van der Waals surface area contributed by atoms with E-state index in [9.17, 15) is 19.2 Å². The number of hydrogen-bond acceptors (Lipinski definition) is 5. The van der Waals surface area contributed by atoms with Crippen molar-refractivity contribution in [1.29, 1.82) is 0 Å². The standard InChI is InChI=1S/C17H21N5O4/c18-14(24)11-6-2-3-7-12(11)19-10-13(23)21-22-15(25)17(20-16(22)26)8-4-1-5-9-17/h2-3,6-7,19H,1,4-5,8-10H2,(H2,18,24)(H,20,26)(H,21,23). The largest absolute Gasteiger partial charge is 0.375 e. The Morgan fingerprint density at radius 1 is 1.15 bits per heavy atom. The van der Waals surface area contributed by atoms with Crippen LogP contribution in [0.4, 0.5) is 10.5 Å². The molecule has 0 bridgehead atoms. The summed E-state index contributed by atoms with van der Waals surface area (Å²) in [6.07, 6.45) is 3.90. The first-order valence-electron chi connectivity index (χ1n) is 8.52. The summed E-state index contributed by atoms with van der Waals surface area (Å²) in [7, 11) is 0. The number of rotatable bonds is 5. The number of anilines is 1. The van der Waals surface area contributed by atoms with E-state index in [4.69, 9.17) is 5.73 Å². The molecule has 26 heavy (non-hydrogen) atoms. The summed E-state index contributed by atoms with van der Waals surface area (Å²) in [6, 6.07) is 5.87. The van der Waals surface area contributed by atoms with E-state index in [0.29, 0.717) is 18.5 Å². The lowest BCUT2D eigenvalue weighted by Gasteiger charge is -2.30. The Labute approximate surface area is 150 Å². The molecule has 0 unspecified atom stereocenters. The second-order valence-electron chi connectivity index (χ2n) is 6.51. The van der Waals surface area contributed by atoms with Crippen LogP contribution in [-0.4, -0.2) is 40.8 Å². The van der Waals surface area contributed by atoms with Crippen LogP contribution in [0.15, 0.2) is 24.3 Å². The number of benzene rings is 1. The average molecular weight is 359 g/mol. The van der Waals surface area contributed by atoms with E-state index >= 15 is 0 Å². The smallest absolute Gasteiger partial charge is 0.344 e. The maximum atomic E-state index is 12.6. The van der Waals surface area contributed by atoms with Crippen LogP contribution in [0.3, 0.4) is 0 Å². The number of imide groups is 1. The molecule has 138 valence electrons. The summed E-state index contributed by atoms with van der Waals surface area (Å²) in [5.74, 6) is -1.63. The van der Waals surface area contributed by atoms with E-state index in [-0.39, 0.29) is 12.1 Å². The van der Waals surface area contributed by atoms with E-state index in [1.54, 1.807) is 18.2 Å². The second-order valence-corrected chi connectivity index (χ2v) is 6.51. The summed E-state index contributed by atoms with van der Waals surface area (Å²) >= 11 is 0. The molecule has 9 heteroatoms. The number of amides is 5. The van der Waals surface area contributed by atoms with Gasteiger partial charge in [0.1, 0.15) is 5.54 Å². The Morgan fingerprint density at radius 2 is 1.85 bits per heavy atom. The number of hydrazine groups is 1. The van der Waals surface area contributed by atoms with Gasteiger partial charge in [-0.25, -0.2) is 4.79 Å². The Bertz CT molecular complexity index is 757. The molecule has 5 N–H and O–H groups in total. The van der Waals surface area contributed by atoms with Gasteiger partial charge in [0.25, 0.3) is 17.7 Å². The van der Waals surface area contributed by atoms with E-state index in [1.165, 1.54) is 6.07 Å². The molecule has 0 radical (unpaired) electrons. The third-order valence-corrected chi connectivity index (χ3v) is 4.74. The average Bonchev–Trinajstić information content (AvgIpc) is 2.85. The number of urea groups is 1. The fraction of sp³-hybridized carbons (Fsp3) is 0.412. The third kappa shape index (κ3) is 3.32. The first-order chi connectivity index (χ1) is 12.4. The second kappa shape index (κ2) is 7.03. The number of carbonyl (C=O) groups is 4. The van der Waals surface area contributed by atoms with Gasteiger partial charge in [0.05, 0.1) is 12.1 Å². The number of hydrogen-bond donors (Lipinski definition) is 4. The number of para-hydroxylation sites is 1. The topological polar surface area (TPSA) is 134 Å². The van der Waals surface area contributed by atoms with Crippen LogP contribution in [0, 0.1) is 0 Å². The molecule has 1 aromatic carbocycles.